The highest BCUT2D eigenvalue weighted by atomic mass is 32.2. The summed E-state index contributed by atoms with van der Waals surface area (Å²) in [6, 6.07) is -0.319. The highest BCUT2D eigenvalue weighted by Crippen LogP contribution is 2.12. The van der Waals surface area contributed by atoms with Crippen molar-refractivity contribution in [2.45, 2.75) is 18.9 Å². The molecule has 7 heteroatoms. The van der Waals surface area contributed by atoms with E-state index in [4.69, 9.17) is 0 Å². The summed E-state index contributed by atoms with van der Waals surface area (Å²) in [5, 5.41) is 2.78. The van der Waals surface area contributed by atoms with E-state index >= 15 is 0 Å². The number of carbonyl (C=O) groups is 1. The van der Waals surface area contributed by atoms with Gasteiger partial charge in [-0.2, -0.15) is 0 Å². The van der Waals surface area contributed by atoms with Crippen LogP contribution in [0.25, 0.3) is 0 Å². The summed E-state index contributed by atoms with van der Waals surface area (Å²) in [4.78, 5) is 15.4. The van der Waals surface area contributed by atoms with Crippen LogP contribution in [-0.2, 0) is 9.84 Å². The average molecular weight is 243 g/mol. The fourth-order valence-corrected chi connectivity index (χ4v) is 3.15. The number of amides is 1. The fraction of sp³-hybridized carbons (Fsp3) is 0.556. The molecule has 0 spiro atoms. The Kier molecular flexibility index (Phi) is 2.95. The number of hydrogen-bond donors (Lipinski definition) is 1. The summed E-state index contributed by atoms with van der Waals surface area (Å²) in [5.74, 6) is 0.309. The van der Waals surface area contributed by atoms with Gasteiger partial charge in [0.15, 0.2) is 0 Å². The molecular formula is C9H13N3O3S. The van der Waals surface area contributed by atoms with Crippen molar-refractivity contribution in [1.29, 1.82) is 0 Å². The van der Waals surface area contributed by atoms with E-state index in [2.05, 4.69) is 10.3 Å². The summed E-state index contributed by atoms with van der Waals surface area (Å²) in [5.41, 5.74) is 0. The van der Waals surface area contributed by atoms with Crippen LogP contribution in [0.15, 0.2) is 18.7 Å². The van der Waals surface area contributed by atoms with Crippen molar-refractivity contribution >= 4 is 15.9 Å². The Hall–Kier alpha value is -1.37. The van der Waals surface area contributed by atoms with Gasteiger partial charge >= 0.3 is 6.03 Å². The van der Waals surface area contributed by atoms with Gasteiger partial charge in [0, 0.05) is 18.4 Å². The molecule has 16 heavy (non-hydrogen) atoms. The number of sulfone groups is 1. The van der Waals surface area contributed by atoms with Crippen LogP contribution in [0.4, 0.5) is 4.79 Å². The molecule has 0 atom stereocenters. The molecule has 2 heterocycles. The molecule has 1 aliphatic rings. The number of nitrogens with one attached hydrogen (secondary N) is 1. The molecule has 0 aromatic carbocycles. The average Bonchev–Trinajstić information content (AvgIpc) is 2.74. The predicted octanol–water partition coefficient (Wildman–Crippen LogP) is 0.0180. The van der Waals surface area contributed by atoms with E-state index in [1.54, 1.807) is 6.20 Å². The Morgan fingerprint density at radius 3 is 2.62 bits per heavy atom. The Morgan fingerprint density at radius 2 is 2.06 bits per heavy atom. The topological polar surface area (TPSA) is 81.1 Å². The van der Waals surface area contributed by atoms with Gasteiger partial charge in [0.05, 0.1) is 11.5 Å². The monoisotopic (exact) mass is 243 g/mol. The number of carbonyl (C=O) groups excluding carboxylic acids is 1. The van der Waals surface area contributed by atoms with Crippen LogP contribution in [-0.4, -0.2) is 41.5 Å². The first-order valence-electron chi connectivity index (χ1n) is 5.06. The minimum atomic E-state index is -2.88. The lowest BCUT2D eigenvalue weighted by Gasteiger charge is -2.22. The molecule has 88 valence electrons. The van der Waals surface area contributed by atoms with Crippen LogP contribution in [0.5, 0.6) is 0 Å². The van der Waals surface area contributed by atoms with Crippen molar-refractivity contribution in [2.24, 2.45) is 0 Å². The van der Waals surface area contributed by atoms with E-state index < -0.39 is 9.84 Å². The predicted molar refractivity (Wildman–Crippen MR) is 57.8 cm³/mol. The minimum absolute atomic E-state index is 0.0570. The van der Waals surface area contributed by atoms with Crippen molar-refractivity contribution in [2.75, 3.05) is 11.5 Å². The lowest BCUT2D eigenvalue weighted by atomic mass is 10.2. The van der Waals surface area contributed by atoms with Crippen molar-refractivity contribution in [1.82, 2.24) is 14.9 Å². The van der Waals surface area contributed by atoms with E-state index in [0.29, 0.717) is 12.8 Å². The number of aromatic nitrogens is 2. The molecule has 1 N–H and O–H groups in total. The van der Waals surface area contributed by atoms with Gasteiger partial charge in [-0.25, -0.2) is 18.2 Å². The zero-order valence-electron chi connectivity index (χ0n) is 8.67. The summed E-state index contributed by atoms with van der Waals surface area (Å²) in [7, 11) is -2.88. The van der Waals surface area contributed by atoms with Crippen molar-refractivity contribution in [3.8, 4) is 0 Å². The van der Waals surface area contributed by atoms with Gasteiger partial charge in [-0.05, 0) is 12.8 Å². The van der Waals surface area contributed by atoms with E-state index in [0.717, 1.165) is 0 Å². The van der Waals surface area contributed by atoms with E-state index in [-0.39, 0.29) is 23.6 Å². The van der Waals surface area contributed by atoms with Gasteiger partial charge in [0.1, 0.15) is 16.2 Å². The molecule has 1 amide bonds. The Labute approximate surface area is 93.6 Å². The van der Waals surface area contributed by atoms with Gasteiger partial charge in [0.25, 0.3) is 0 Å². The third kappa shape index (κ3) is 2.60. The van der Waals surface area contributed by atoms with Crippen molar-refractivity contribution < 1.29 is 13.2 Å². The lowest BCUT2D eigenvalue weighted by Crippen LogP contribution is -2.42. The zero-order valence-corrected chi connectivity index (χ0v) is 9.48. The summed E-state index contributed by atoms with van der Waals surface area (Å²) in [6.45, 7) is 0. The minimum Gasteiger partial charge on any atom is -0.335 e. The first kappa shape index (κ1) is 11.1. The second-order valence-corrected chi connectivity index (χ2v) is 6.15. The summed E-state index contributed by atoms with van der Waals surface area (Å²) >= 11 is 0. The molecular weight excluding hydrogens is 230 g/mol. The molecule has 1 saturated heterocycles. The van der Waals surface area contributed by atoms with Crippen LogP contribution in [0, 0.1) is 0 Å². The molecule has 0 unspecified atom stereocenters. The molecule has 1 aliphatic heterocycles. The smallest absolute Gasteiger partial charge is 0.327 e. The Bertz CT molecular complexity index is 452. The van der Waals surface area contributed by atoms with E-state index in [1.165, 1.54) is 17.1 Å². The molecule has 0 bridgehead atoms. The molecule has 0 radical (unpaired) electrons. The molecule has 0 aliphatic carbocycles. The Balaban J connectivity index is 1.90. The number of rotatable bonds is 1. The van der Waals surface area contributed by atoms with Crippen LogP contribution < -0.4 is 5.32 Å². The zero-order chi connectivity index (χ0) is 11.6. The lowest BCUT2D eigenvalue weighted by molar-refractivity contribution is 0.237. The summed E-state index contributed by atoms with van der Waals surface area (Å²) in [6.07, 6.45) is 5.46. The molecule has 1 aromatic rings. The standard InChI is InChI=1S/C9H13N3O3S/c13-9(12-4-3-10-7-12)11-8-1-5-16(14,15)6-2-8/h3-4,7-8H,1-2,5-6H2,(H,11,13). The molecule has 0 saturated carbocycles. The summed E-state index contributed by atoms with van der Waals surface area (Å²) < 4.78 is 23.7. The SMILES string of the molecule is O=C(NC1CCS(=O)(=O)CC1)n1ccnc1. The van der Waals surface area contributed by atoms with E-state index in [1.807, 2.05) is 0 Å². The maximum absolute atomic E-state index is 11.6. The second-order valence-electron chi connectivity index (χ2n) is 3.85. The second kappa shape index (κ2) is 4.25. The third-order valence-electron chi connectivity index (χ3n) is 2.62. The molecule has 1 aromatic heterocycles. The van der Waals surface area contributed by atoms with Crippen LogP contribution in [0.1, 0.15) is 12.8 Å². The van der Waals surface area contributed by atoms with Crippen molar-refractivity contribution in [3.63, 3.8) is 0 Å². The van der Waals surface area contributed by atoms with Crippen LogP contribution >= 0.6 is 0 Å². The number of imidazole rings is 1. The molecule has 2 rings (SSSR count). The maximum Gasteiger partial charge on any atom is 0.327 e. The number of hydrogen-bond acceptors (Lipinski definition) is 4. The van der Waals surface area contributed by atoms with Gasteiger partial charge in [0.2, 0.25) is 0 Å². The van der Waals surface area contributed by atoms with Gasteiger partial charge in [-0.15, -0.1) is 0 Å². The van der Waals surface area contributed by atoms with Crippen LogP contribution in [0.3, 0.4) is 0 Å². The Morgan fingerprint density at radius 1 is 1.38 bits per heavy atom. The maximum atomic E-state index is 11.6. The largest absolute Gasteiger partial charge is 0.335 e. The highest BCUT2D eigenvalue weighted by molar-refractivity contribution is 7.91. The van der Waals surface area contributed by atoms with Gasteiger partial charge in [-0.1, -0.05) is 0 Å². The first-order valence-corrected chi connectivity index (χ1v) is 6.88. The molecule has 1 fully saturated rings. The van der Waals surface area contributed by atoms with Gasteiger partial charge < -0.3 is 5.32 Å². The first-order chi connectivity index (χ1) is 7.57. The van der Waals surface area contributed by atoms with E-state index in [9.17, 15) is 13.2 Å². The number of nitrogens with zero attached hydrogens (tertiary/aromatic N) is 2. The quantitative estimate of drug-likeness (QED) is 0.753. The van der Waals surface area contributed by atoms with Gasteiger partial charge in [-0.3, -0.25) is 4.57 Å². The van der Waals surface area contributed by atoms with Crippen molar-refractivity contribution in [3.05, 3.63) is 18.7 Å². The third-order valence-corrected chi connectivity index (χ3v) is 4.34. The van der Waals surface area contributed by atoms with Crippen LogP contribution in [0.2, 0.25) is 0 Å². The normalized spacial score (nSPS) is 20.5. The molecule has 6 nitrogen and oxygen atoms in total. The highest BCUT2D eigenvalue weighted by Gasteiger charge is 2.24. The fourth-order valence-electron chi connectivity index (χ4n) is 1.66.